The van der Waals surface area contributed by atoms with Gasteiger partial charge in [0.25, 0.3) is 5.91 Å². The van der Waals surface area contributed by atoms with Crippen molar-refractivity contribution in [1.82, 2.24) is 19.5 Å². The molecule has 0 aliphatic rings. The van der Waals surface area contributed by atoms with Gasteiger partial charge in [0, 0.05) is 47.8 Å². The zero-order valence-corrected chi connectivity index (χ0v) is 18.7. The number of aliphatic hydroxyl groups is 1. The zero-order valence-electron chi connectivity index (χ0n) is 17.9. The van der Waals surface area contributed by atoms with Crippen LogP contribution in [0.3, 0.4) is 0 Å². The van der Waals surface area contributed by atoms with E-state index in [1.165, 1.54) is 0 Å². The third-order valence-electron chi connectivity index (χ3n) is 4.81. The quantitative estimate of drug-likeness (QED) is 0.366. The van der Waals surface area contributed by atoms with Crippen LogP contribution in [0.2, 0.25) is 5.02 Å². The van der Waals surface area contributed by atoms with Crippen LogP contribution in [0.4, 0.5) is 11.6 Å². The van der Waals surface area contributed by atoms with Crippen LogP contribution in [0.1, 0.15) is 28.7 Å². The second kappa shape index (κ2) is 10.2. The first-order valence-electron chi connectivity index (χ1n) is 10.4. The molecule has 0 saturated carbocycles. The van der Waals surface area contributed by atoms with Crippen molar-refractivity contribution in [3.05, 3.63) is 95.2 Å². The number of rotatable bonds is 8. The highest BCUT2D eigenvalue weighted by atomic mass is 35.5. The average molecular weight is 463 g/mol. The molecular weight excluding hydrogens is 440 g/mol. The SMILES string of the molecule is C[C@H](O)CNc1nccc(-n2ccnc2Cc2cccc(NC(=O)c3ccc(Cl)cc3)c2)n1. The predicted molar refractivity (Wildman–Crippen MR) is 128 cm³/mol. The van der Waals surface area contributed by atoms with Crippen molar-refractivity contribution in [3.8, 4) is 5.82 Å². The first-order valence-corrected chi connectivity index (χ1v) is 10.8. The Kier molecular flexibility index (Phi) is 6.97. The summed E-state index contributed by atoms with van der Waals surface area (Å²) in [6.07, 6.45) is 5.24. The fraction of sp³-hybridized carbons (Fsp3) is 0.167. The van der Waals surface area contributed by atoms with Crippen molar-refractivity contribution in [2.24, 2.45) is 0 Å². The molecule has 3 N–H and O–H groups in total. The highest BCUT2D eigenvalue weighted by Gasteiger charge is 2.11. The highest BCUT2D eigenvalue weighted by molar-refractivity contribution is 6.30. The highest BCUT2D eigenvalue weighted by Crippen LogP contribution is 2.18. The van der Waals surface area contributed by atoms with Gasteiger partial charge in [-0.15, -0.1) is 0 Å². The minimum absolute atomic E-state index is 0.205. The first kappa shape index (κ1) is 22.4. The number of nitrogens with zero attached hydrogens (tertiary/aromatic N) is 4. The van der Waals surface area contributed by atoms with Crippen LogP contribution in [0, 0.1) is 0 Å². The van der Waals surface area contributed by atoms with Gasteiger partial charge < -0.3 is 15.7 Å². The van der Waals surface area contributed by atoms with Gasteiger partial charge in [-0.05, 0) is 55.0 Å². The number of aromatic nitrogens is 4. The standard InChI is InChI=1S/C24H23ClN6O2/c1-16(32)15-28-24-27-10-9-21(30-24)31-12-11-26-22(31)14-17-3-2-4-20(13-17)29-23(33)18-5-7-19(25)8-6-18/h2-13,16,32H,14-15H2,1H3,(H,29,33)(H,27,28,30)/t16-/m0/s1. The van der Waals surface area contributed by atoms with Gasteiger partial charge in [-0.1, -0.05) is 23.7 Å². The second-order valence-corrected chi connectivity index (χ2v) is 7.96. The first-order chi connectivity index (χ1) is 16.0. The second-order valence-electron chi connectivity index (χ2n) is 7.52. The van der Waals surface area contributed by atoms with Crippen molar-refractivity contribution in [3.63, 3.8) is 0 Å². The molecule has 0 bridgehead atoms. The minimum Gasteiger partial charge on any atom is -0.392 e. The molecule has 2 aromatic heterocycles. The van der Waals surface area contributed by atoms with E-state index < -0.39 is 6.10 Å². The number of amides is 1. The number of carbonyl (C=O) groups excluding carboxylic acids is 1. The Balaban J connectivity index is 1.49. The topological polar surface area (TPSA) is 105 Å². The van der Waals surface area contributed by atoms with Gasteiger partial charge in [0.1, 0.15) is 11.6 Å². The summed E-state index contributed by atoms with van der Waals surface area (Å²) >= 11 is 5.90. The Labute approximate surface area is 196 Å². The van der Waals surface area contributed by atoms with Crippen LogP contribution >= 0.6 is 11.6 Å². The summed E-state index contributed by atoms with van der Waals surface area (Å²) in [4.78, 5) is 25.7. The van der Waals surface area contributed by atoms with E-state index in [0.29, 0.717) is 41.0 Å². The number of halogens is 1. The van der Waals surface area contributed by atoms with Crippen molar-refractivity contribution in [2.45, 2.75) is 19.4 Å². The summed E-state index contributed by atoms with van der Waals surface area (Å²) in [6.45, 7) is 2.05. The Morgan fingerprint density at radius 2 is 1.94 bits per heavy atom. The van der Waals surface area contributed by atoms with Gasteiger partial charge in [-0.25, -0.2) is 9.97 Å². The predicted octanol–water partition coefficient (Wildman–Crippen LogP) is 3.95. The number of imidazole rings is 1. The number of anilines is 2. The monoisotopic (exact) mass is 462 g/mol. The van der Waals surface area contributed by atoms with E-state index in [9.17, 15) is 9.90 Å². The number of benzene rings is 2. The van der Waals surface area contributed by atoms with Gasteiger partial charge >= 0.3 is 0 Å². The molecular formula is C24H23ClN6O2. The van der Waals surface area contributed by atoms with Gasteiger partial charge in [-0.3, -0.25) is 9.36 Å². The number of hydrogen-bond acceptors (Lipinski definition) is 6. The molecule has 4 aromatic rings. The Hall–Kier alpha value is -3.75. The molecule has 2 heterocycles. The maximum atomic E-state index is 12.5. The summed E-state index contributed by atoms with van der Waals surface area (Å²) in [5, 5.41) is 16.0. The van der Waals surface area contributed by atoms with Crippen LogP contribution in [-0.2, 0) is 6.42 Å². The maximum absolute atomic E-state index is 12.5. The third kappa shape index (κ3) is 5.94. The van der Waals surface area contributed by atoms with Gasteiger partial charge in [-0.2, -0.15) is 4.98 Å². The molecule has 0 radical (unpaired) electrons. The number of hydrogen-bond donors (Lipinski definition) is 3. The van der Waals surface area contributed by atoms with Gasteiger partial charge in [0.15, 0.2) is 0 Å². The van der Waals surface area contributed by atoms with Crippen LogP contribution in [0.15, 0.2) is 73.2 Å². The van der Waals surface area contributed by atoms with Crippen molar-refractivity contribution in [1.29, 1.82) is 0 Å². The lowest BCUT2D eigenvalue weighted by Crippen LogP contribution is -2.17. The van der Waals surface area contributed by atoms with Crippen molar-refractivity contribution in [2.75, 3.05) is 17.2 Å². The fourth-order valence-corrected chi connectivity index (χ4v) is 3.35. The molecule has 0 saturated heterocycles. The van der Waals surface area contributed by atoms with E-state index in [1.54, 1.807) is 49.6 Å². The molecule has 33 heavy (non-hydrogen) atoms. The van der Waals surface area contributed by atoms with E-state index >= 15 is 0 Å². The number of carbonyl (C=O) groups is 1. The number of aliphatic hydroxyl groups excluding tert-OH is 1. The largest absolute Gasteiger partial charge is 0.392 e. The molecule has 0 unspecified atom stereocenters. The van der Waals surface area contributed by atoms with Gasteiger partial charge in [0.05, 0.1) is 6.10 Å². The van der Waals surface area contributed by atoms with E-state index in [0.717, 1.165) is 11.4 Å². The maximum Gasteiger partial charge on any atom is 0.255 e. The van der Waals surface area contributed by atoms with E-state index in [4.69, 9.17) is 11.6 Å². The molecule has 0 aliphatic heterocycles. The Bertz CT molecular complexity index is 1240. The number of nitrogens with one attached hydrogen (secondary N) is 2. The summed E-state index contributed by atoms with van der Waals surface area (Å²) < 4.78 is 1.88. The molecule has 8 nitrogen and oxygen atoms in total. The minimum atomic E-state index is -0.506. The lowest BCUT2D eigenvalue weighted by atomic mass is 10.1. The average Bonchev–Trinajstić information content (AvgIpc) is 3.26. The lowest BCUT2D eigenvalue weighted by Gasteiger charge is -2.11. The molecule has 4 rings (SSSR count). The van der Waals surface area contributed by atoms with Crippen molar-refractivity contribution < 1.29 is 9.90 Å². The van der Waals surface area contributed by atoms with Crippen LogP contribution < -0.4 is 10.6 Å². The molecule has 0 fully saturated rings. The smallest absolute Gasteiger partial charge is 0.255 e. The third-order valence-corrected chi connectivity index (χ3v) is 5.07. The van der Waals surface area contributed by atoms with E-state index in [1.807, 2.05) is 35.0 Å². The lowest BCUT2D eigenvalue weighted by molar-refractivity contribution is 0.102. The summed E-state index contributed by atoms with van der Waals surface area (Å²) in [6, 6.07) is 16.2. The van der Waals surface area contributed by atoms with Crippen LogP contribution in [0.25, 0.3) is 5.82 Å². The van der Waals surface area contributed by atoms with Crippen LogP contribution in [-0.4, -0.2) is 43.2 Å². The molecule has 0 spiro atoms. The van der Waals surface area contributed by atoms with Gasteiger partial charge in [0.2, 0.25) is 5.95 Å². The molecule has 2 aromatic carbocycles. The summed E-state index contributed by atoms with van der Waals surface area (Å²) in [5.74, 6) is 1.68. The van der Waals surface area contributed by atoms with Crippen molar-refractivity contribution >= 4 is 29.1 Å². The molecule has 1 amide bonds. The Morgan fingerprint density at radius 3 is 2.73 bits per heavy atom. The molecule has 0 aliphatic carbocycles. The van der Waals surface area contributed by atoms with Crippen LogP contribution in [0.5, 0.6) is 0 Å². The normalized spacial score (nSPS) is 11.7. The molecule has 168 valence electrons. The molecule has 1 atom stereocenters. The van der Waals surface area contributed by atoms with E-state index in [-0.39, 0.29) is 5.91 Å². The fourth-order valence-electron chi connectivity index (χ4n) is 3.23. The Morgan fingerprint density at radius 1 is 1.12 bits per heavy atom. The zero-order chi connectivity index (χ0) is 23.2. The molecule has 9 heteroatoms. The summed E-state index contributed by atoms with van der Waals surface area (Å²) in [7, 11) is 0. The van der Waals surface area contributed by atoms with E-state index in [2.05, 4.69) is 25.6 Å². The summed E-state index contributed by atoms with van der Waals surface area (Å²) in [5.41, 5.74) is 2.21.